The zero-order chi connectivity index (χ0) is 18.7. The quantitative estimate of drug-likeness (QED) is 0.830. The third-order valence-electron chi connectivity index (χ3n) is 3.85. The van der Waals surface area contributed by atoms with Crippen molar-refractivity contribution in [1.29, 1.82) is 0 Å². The molecule has 0 bridgehead atoms. The standard InChI is InChI=1S/C17H18N2O6S/c1-23-14-7-8-16(15(11-14)24-2)26(21,22)18-12-3-5-13(6-4-12)19-9-10-25-17(19)20/h3-8,11,18H,9-10H2,1-2H3. The summed E-state index contributed by atoms with van der Waals surface area (Å²) in [5, 5.41) is 0. The zero-order valence-electron chi connectivity index (χ0n) is 14.3. The van der Waals surface area contributed by atoms with Crippen molar-refractivity contribution in [2.45, 2.75) is 4.90 Å². The van der Waals surface area contributed by atoms with Crippen LogP contribution in [0.25, 0.3) is 0 Å². The van der Waals surface area contributed by atoms with Crippen LogP contribution in [0.3, 0.4) is 0 Å². The van der Waals surface area contributed by atoms with Gasteiger partial charge in [0.1, 0.15) is 23.0 Å². The number of hydrogen-bond donors (Lipinski definition) is 1. The molecule has 0 spiro atoms. The highest BCUT2D eigenvalue weighted by molar-refractivity contribution is 7.92. The number of sulfonamides is 1. The molecule has 1 fully saturated rings. The molecule has 2 aromatic carbocycles. The normalized spacial score (nSPS) is 14.1. The number of nitrogens with one attached hydrogen (secondary N) is 1. The number of carbonyl (C=O) groups is 1. The highest BCUT2D eigenvalue weighted by Gasteiger charge is 2.24. The lowest BCUT2D eigenvalue weighted by Crippen LogP contribution is -2.23. The number of carbonyl (C=O) groups excluding carboxylic acids is 1. The number of anilines is 2. The lowest BCUT2D eigenvalue weighted by atomic mass is 10.2. The average molecular weight is 378 g/mol. The lowest BCUT2D eigenvalue weighted by Gasteiger charge is -2.15. The van der Waals surface area contributed by atoms with Gasteiger partial charge in [0, 0.05) is 17.4 Å². The second-order valence-electron chi connectivity index (χ2n) is 5.44. The van der Waals surface area contributed by atoms with E-state index in [4.69, 9.17) is 14.2 Å². The predicted molar refractivity (Wildman–Crippen MR) is 95.5 cm³/mol. The van der Waals surface area contributed by atoms with Gasteiger partial charge in [-0.3, -0.25) is 9.62 Å². The Morgan fingerprint density at radius 1 is 1.08 bits per heavy atom. The number of amides is 1. The average Bonchev–Trinajstić information content (AvgIpc) is 3.07. The number of ether oxygens (including phenoxy) is 3. The molecule has 0 aromatic heterocycles. The highest BCUT2D eigenvalue weighted by Crippen LogP contribution is 2.30. The monoisotopic (exact) mass is 378 g/mol. The Balaban J connectivity index is 1.82. The van der Waals surface area contributed by atoms with Crippen molar-refractivity contribution in [2.24, 2.45) is 0 Å². The molecule has 0 atom stereocenters. The van der Waals surface area contributed by atoms with Crippen LogP contribution in [-0.2, 0) is 14.8 Å². The first-order chi connectivity index (χ1) is 12.4. The molecule has 3 rings (SSSR count). The molecule has 1 N–H and O–H groups in total. The van der Waals surface area contributed by atoms with Gasteiger partial charge in [-0.1, -0.05) is 0 Å². The molecule has 9 heteroatoms. The van der Waals surface area contributed by atoms with E-state index in [0.29, 0.717) is 30.3 Å². The van der Waals surface area contributed by atoms with Crippen molar-refractivity contribution in [1.82, 2.24) is 0 Å². The molecule has 0 saturated carbocycles. The predicted octanol–water partition coefficient (Wildman–Crippen LogP) is 2.46. The second-order valence-corrected chi connectivity index (χ2v) is 7.09. The van der Waals surface area contributed by atoms with Crippen molar-refractivity contribution < 1.29 is 27.4 Å². The number of rotatable bonds is 6. The Morgan fingerprint density at radius 3 is 2.38 bits per heavy atom. The van der Waals surface area contributed by atoms with Gasteiger partial charge in [-0.2, -0.15) is 0 Å². The summed E-state index contributed by atoms with van der Waals surface area (Å²) >= 11 is 0. The van der Waals surface area contributed by atoms with Crippen molar-refractivity contribution in [3.05, 3.63) is 42.5 Å². The van der Waals surface area contributed by atoms with E-state index in [9.17, 15) is 13.2 Å². The molecule has 26 heavy (non-hydrogen) atoms. The zero-order valence-corrected chi connectivity index (χ0v) is 15.1. The van der Waals surface area contributed by atoms with Gasteiger partial charge in [0.05, 0.1) is 20.8 Å². The Morgan fingerprint density at radius 2 is 1.81 bits per heavy atom. The van der Waals surface area contributed by atoms with Crippen LogP contribution >= 0.6 is 0 Å². The first-order valence-corrected chi connectivity index (χ1v) is 9.22. The molecular formula is C17H18N2O6S. The third kappa shape index (κ3) is 3.52. The number of benzene rings is 2. The van der Waals surface area contributed by atoms with E-state index in [0.717, 1.165) is 0 Å². The van der Waals surface area contributed by atoms with Gasteiger partial charge in [-0.15, -0.1) is 0 Å². The maximum Gasteiger partial charge on any atom is 0.414 e. The van der Waals surface area contributed by atoms with Gasteiger partial charge in [-0.05, 0) is 36.4 Å². The van der Waals surface area contributed by atoms with Gasteiger partial charge in [0.2, 0.25) is 0 Å². The summed E-state index contributed by atoms with van der Waals surface area (Å²) in [6.45, 7) is 0.803. The van der Waals surface area contributed by atoms with Gasteiger partial charge in [0.25, 0.3) is 10.0 Å². The van der Waals surface area contributed by atoms with Crippen LogP contribution in [-0.4, -0.2) is 41.9 Å². The summed E-state index contributed by atoms with van der Waals surface area (Å²) in [4.78, 5) is 13.0. The fourth-order valence-electron chi connectivity index (χ4n) is 2.54. The summed E-state index contributed by atoms with van der Waals surface area (Å²) in [6.07, 6.45) is -0.415. The Hall–Kier alpha value is -2.94. The first-order valence-electron chi connectivity index (χ1n) is 7.74. The van der Waals surface area contributed by atoms with Crippen molar-refractivity contribution in [3.63, 3.8) is 0 Å². The first kappa shape index (κ1) is 17.9. The van der Waals surface area contributed by atoms with Crippen LogP contribution in [0.4, 0.5) is 16.2 Å². The molecular weight excluding hydrogens is 360 g/mol. The molecule has 1 heterocycles. The van der Waals surface area contributed by atoms with E-state index in [1.165, 1.54) is 31.3 Å². The minimum atomic E-state index is -3.86. The molecule has 8 nitrogen and oxygen atoms in total. The van der Waals surface area contributed by atoms with E-state index in [-0.39, 0.29) is 10.6 Å². The Bertz CT molecular complexity index is 911. The molecule has 1 aliphatic rings. The molecule has 1 amide bonds. The summed E-state index contributed by atoms with van der Waals surface area (Å²) in [5.74, 6) is 0.663. The maximum atomic E-state index is 12.7. The summed E-state index contributed by atoms with van der Waals surface area (Å²) in [7, 11) is -0.988. The molecule has 0 aliphatic carbocycles. The second kappa shape index (κ2) is 7.12. The van der Waals surface area contributed by atoms with Gasteiger partial charge in [0.15, 0.2) is 0 Å². The van der Waals surface area contributed by atoms with Crippen LogP contribution in [0.15, 0.2) is 47.4 Å². The molecule has 1 aliphatic heterocycles. The van der Waals surface area contributed by atoms with E-state index >= 15 is 0 Å². The van der Waals surface area contributed by atoms with Crippen LogP contribution < -0.4 is 19.1 Å². The van der Waals surface area contributed by atoms with Gasteiger partial charge >= 0.3 is 6.09 Å². The third-order valence-corrected chi connectivity index (χ3v) is 5.27. The van der Waals surface area contributed by atoms with Crippen LogP contribution in [0, 0.1) is 0 Å². The molecule has 0 radical (unpaired) electrons. The minimum absolute atomic E-state index is 0.00648. The fourth-order valence-corrected chi connectivity index (χ4v) is 3.76. The summed E-state index contributed by atoms with van der Waals surface area (Å²) < 4.78 is 42.9. The Kier molecular flexibility index (Phi) is 4.90. The fraction of sp³-hybridized carbons (Fsp3) is 0.235. The SMILES string of the molecule is COc1ccc(S(=O)(=O)Nc2ccc(N3CCOC3=O)cc2)c(OC)c1. The van der Waals surface area contributed by atoms with Crippen LogP contribution in [0.5, 0.6) is 11.5 Å². The minimum Gasteiger partial charge on any atom is -0.497 e. The van der Waals surface area contributed by atoms with E-state index in [2.05, 4.69) is 4.72 Å². The number of methoxy groups -OCH3 is 2. The summed E-state index contributed by atoms with van der Waals surface area (Å²) in [5.41, 5.74) is 0.997. The largest absolute Gasteiger partial charge is 0.497 e. The van der Waals surface area contributed by atoms with E-state index in [1.54, 1.807) is 30.3 Å². The van der Waals surface area contributed by atoms with Gasteiger partial charge in [-0.25, -0.2) is 13.2 Å². The van der Waals surface area contributed by atoms with Gasteiger partial charge < -0.3 is 14.2 Å². The van der Waals surface area contributed by atoms with Crippen LogP contribution in [0.1, 0.15) is 0 Å². The molecule has 1 saturated heterocycles. The molecule has 138 valence electrons. The lowest BCUT2D eigenvalue weighted by molar-refractivity contribution is 0.181. The van der Waals surface area contributed by atoms with E-state index < -0.39 is 16.1 Å². The van der Waals surface area contributed by atoms with Crippen molar-refractivity contribution >= 4 is 27.5 Å². The van der Waals surface area contributed by atoms with Crippen molar-refractivity contribution in [2.75, 3.05) is 37.0 Å². The maximum absolute atomic E-state index is 12.7. The number of hydrogen-bond acceptors (Lipinski definition) is 6. The number of cyclic esters (lactones) is 1. The molecule has 0 unspecified atom stereocenters. The van der Waals surface area contributed by atoms with E-state index in [1.807, 2.05) is 0 Å². The smallest absolute Gasteiger partial charge is 0.414 e. The number of nitrogens with zero attached hydrogens (tertiary/aromatic N) is 1. The Labute approximate surface area is 151 Å². The van der Waals surface area contributed by atoms with Crippen molar-refractivity contribution in [3.8, 4) is 11.5 Å². The topological polar surface area (TPSA) is 94.2 Å². The summed E-state index contributed by atoms with van der Waals surface area (Å²) in [6, 6.07) is 10.9. The highest BCUT2D eigenvalue weighted by atomic mass is 32.2. The van der Waals surface area contributed by atoms with Crippen LogP contribution in [0.2, 0.25) is 0 Å². The molecule has 2 aromatic rings.